The Morgan fingerprint density at radius 3 is 2.74 bits per heavy atom. The number of alkyl halides is 2. The molecule has 0 bridgehead atoms. The molecule has 3 saturated heterocycles. The first-order valence-corrected chi connectivity index (χ1v) is 15.4. The average Bonchev–Trinajstić information content (AvgIpc) is 3.05. The number of carbonyl (C=O) groups excluding carboxylic acids is 1. The molecule has 1 amide bonds. The molecule has 0 saturated carbocycles. The zero-order valence-electron chi connectivity index (χ0n) is 25.5. The number of likely N-dealkylation sites (tertiary alicyclic amines) is 1. The van der Waals surface area contributed by atoms with Gasteiger partial charge in [0.2, 0.25) is 11.9 Å². The van der Waals surface area contributed by atoms with Crippen molar-refractivity contribution >= 4 is 11.9 Å². The molecule has 12 nitrogen and oxygen atoms in total. The standard InChI is InChI=1S/C32H37F2N7O5/c1-44-30-24(20-6-10-36-11-7-20)3-5-28(41(30)23-17-45-18-23)39-31-37-12-8-25(38-31)21-2-4-26(22(14-21)15-35)46-27-9-13-40(29(43)16-42)19-32(27,33)34/h2-5,8,12,14,20,23,27-28,36,42H,6-7,9-11,13,16-19H2,1H3,(H,37,38,39). The number of aliphatic hydroxyl groups excluding tert-OH is 1. The van der Waals surface area contributed by atoms with Gasteiger partial charge in [-0.1, -0.05) is 6.08 Å². The summed E-state index contributed by atoms with van der Waals surface area (Å²) in [4.78, 5) is 24.0. The van der Waals surface area contributed by atoms with Gasteiger partial charge in [0.1, 0.15) is 24.6 Å². The molecule has 2 unspecified atom stereocenters. The molecule has 1 aromatic carbocycles. The predicted octanol–water partition coefficient (Wildman–Crippen LogP) is 2.49. The first kappa shape index (κ1) is 31.7. The van der Waals surface area contributed by atoms with Crippen LogP contribution in [0.15, 0.2) is 54.1 Å². The van der Waals surface area contributed by atoms with Crippen molar-refractivity contribution in [3.8, 4) is 23.1 Å². The van der Waals surface area contributed by atoms with Gasteiger partial charge in [-0.25, -0.2) is 18.7 Å². The van der Waals surface area contributed by atoms with Gasteiger partial charge in [0.15, 0.2) is 12.0 Å². The highest BCUT2D eigenvalue weighted by Crippen LogP contribution is 2.36. The molecule has 0 radical (unpaired) electrons. The second-order valence-corrected chi connectivity index (χ2v) is 11.8. The SMILES string of the molecule is COC1=C(C2CCNCC2)C=CC(Nc2nccc(-c3ccc(OC4CCN(C(=O)CO)CC4(F)F)c(C#N)c3)n2)N1C1COC1. The van der Waals surface area contributed by atoms with Gasteiger partial charge in [-0.2, -0.15) is 5.26 Å². The second-order valence-electron chi connectivity index (χ2n) is 11.8. The van der Waals surface area contributed by atoms with Crippen molar-refractivity contribution in [3.63, 3.8) is 0 Å². The molecule has 244 valence electrons. The van der Waals surface area contributed by atoms with Gasteiger partial charge in [0.05, 0.1) is 44.2 Å². The number of aliphatic hydroxyl groups is 1. The highest BCUT2D eigenvalue weighted by atomic mass is 19.3. The van der Waals surface area contributed by atoms with E-state index < -0.39 is 31.1 Å². The number of carbonyl (C=O) groups is 1. The summed E-state index contributed by atoms with van der Waals surface area (Å²) in [7, 11) is 1.69. The molecule has 6 rings (SSSR count). The Balaban J connectivity index is 1.19. The number of aromatic nitrogens is 2. The molecule has 46 heavy (non-hydrogen) atoms. The van der Waals surface area contributed by atoms with Gasteiger partial charge in [0.25, 0.3) is 0 Å². The van der Waals surface area contributed by atoms with E-state index in [9.17, 15) is 18.8 Å². The number of allylic oxidation sites excluding steroid dienone is 2. The lowest BCUT2D eigenvalue weighted by Gasteiger charge is -2.46. The van der Waals surface area contributed by atoms with Crippen LogP contribution in [-0.2, 0) is 14.3 Å². The van der Waals surface area contributed by atoms with Crippen LogP contribution in [0.1, 0.15) is 24.8 Å². The summed E-state index contributed by atoms with van der Waals surface area (Å²) < 4.78 is 46.9. The number of nitrogens with zero attached hydrogens (tertiary/aromatic N) is 5. The highest BCUT2D eigenvalue weighted by Gasteiger charge is 2.47. The number of anilines is 1. The Morgan fingerprint density at radius 2 is 2.07 bits per heavy atom. The molecule has 0 aliphatic carbocycles. The van der Waals surface area contributed by atoms with Gasteiger partial charge in [-0.15, -0.1) is 0 Å². The summed E-state index contributed by atoms with van der Waals surface area (Å²) in [5.74, 6) is -2.53. The Morgan fingerprint density at radius 1 is 1.26 bits per heavy atom. The third-order valence-corrected chi connectivity index (χ3v) is 8.84. The van der Waals surface area contributed by atoms with Crippen LogP contribution in [0.4, 0.5) is 14.7 Å². The number of amides is 1. The summed E-state index contributed by atoms with van der Waals surface area (Å²) in [6, 6.07) is 8.53. The van der Waals surface area contributed by atoms with Gasteiger partial charge in [0, 0.05) is 30.3 Å². The Hall–Kier alpha value is -4.32. The van der Waals surface area contributed by atoms with E-state index in [1.165, 1.54) is 11.6 Å². The van der Waals surface area contributed by atoms with E-state index in [1.807, 2.05) is 6.07 Å². The van der Waals surface area contributed by atoms with E-state index in [2.05, 4.69) is 32.7 Å². The largest absolute Gasteiger partial charge is 0.483 e. The zero-order valence-corrected chi connectivity index (χ0v) is 25.5. The molecule has 3 fully saturated rings. The number of hydrogen-bond acceptors (Lipinski definition) is 11. The molecule has 2 aromatic rings. The van der Waals surface area contributed by atoms with E-state index in [4.69, 9.17) is 24.3 Å². The monoisotopic (exact) mass is 637 g/mol. The minimum absolute atomic E-state index is 0.0127. The lowest BCUT2D eigenvalue weighted by molar-refractivity contribution is -0.161. The Bertz CT molecular complexity index is 1540. The lowest BCUT2D eigenvalue weighted by atomic mass is 9.88. The Labute approximate surface area is 265 Å². The van der Waals surface area contributed by atoms with E-state index >= 15 is 0 Å². The van der Waals surface area contributed by atoms with Gasteiger partial charge in [-0.3, -0.25) is 4.79 Å². The smallest absolute Gasteiger partial charge is 0.301 e. The van der Waals surface area contributed by atoms with Crippen molar-refractivity contribution in [1.29, 1.82) is 5.26 Å². The molecule has 4 aliphatic rings. The summed E-state index contributed by atoms with van der Waals surface area (Å²) in [6.45, 7) is 1.40. The molecular weight excluding hydrogens is 600 g/mol. The lowest BCUT2D eigenvalue weighted by Crippen LogP contribution is -2.56. The summed E-state index contributed by atoms with van der Waals surface area (Å²) >= 11 is 0. The molecule has 1 aromatic heterocycles. The van der Waals surface area contributed by atoms with Crippen LogP contribution in [0, 0.1) is 17.2 Å². The van der Waals surface area contributed by atoms with Gasteiger partial charge >= 0.3 is 5.92 Å². The fraction of sp³-hybridized carbons (Fsp3) is 0.500. The molecule has 4 aliphatic heterocycles. The summed E-state index contributed by atoms with van der Waals surface area (Å²) in [6.07, 6.45) is 5.92. The molecule has 3 N–H and O–H groups in total. The number of benzene rings is 1. The quantitative estimate of drug-likeness (QED) is 0.373. The molecule has 0 spiro atoms. The average molecular weight is 638 g/mol. The molecule has 2 atom stereocenters. The maximum absolute atomic E-state index is 14.8. The Kier molecular flexibility index (Phi) is 9.34. The molecular formula is C32H37F2N7O5. The van der Waals surface area contributed by atoms with Crippen LogP contribution < -0.4 is 15.4 Å². The van der Waals surface area contributed by atoms with Crippen LogP contribution in [-0.4, -0.2) is 108 Å². The second kappa shape index (κ2) is 13.6. The van der Waals surface area contributed by atoms with Crippen molar-refractivity contribution in [2.45, 2.75) is 43.5 Å². The zero-order chi connectivity index (χ0) is 32.3. The number of halogens is 2. The van der Waals surface area contributed by atoms with Crippen molar-refractivity contribution in [2.75, 3.05) is 58.4 Å². The van der Waals surface area contributed by atoms with E-state index in [-0.39, 0.29) is 36.5 Å². The fourth-order valence-corrected chi connectivity index (χ4v) is 6.33. The fourth-order valence-electron chi connectivity index (χ4n) is 6.33. The predicted molar refractivity (Wildman–Crippen MR) is 162 cm³/mol. The van der Waals surface area contributed by atoms with Crippen LogP contribution in [0.3, 0.4) is 0 Å². The summed E-state index contributed by atoms with van der Waals surface area (Å²) in [5.41, 5.74) is 2.36. The number of nitriles is 1. The van der Waals surface area contributed by atoms with Crippen LogP contribution in [0.5, 0.6) is 5.75 Å². The molecule has 14 heteroatoms. The van der Waals surface area contributed by atoms with Crippen LogP contribution in [0.2, 0.25) is 0 Å². The molecule has 5 heterocycles. The van der Waals surface area contributed by atoms with E-state index in [0.29, 0.717) is 36.3 Å². The van der Waals surface area contributed by atoms with Crippen molar-refractivity contribution < 1.29 is 32.9 Å². The van der Waals surface area contributed by atoms with Crippen LogP contribution >= 0.6 is 0 Å². The normalized spacial score (nSPS) is 23.5. The van der Waals surface area contributed by atoms with E-state index in [1.54, 1.807) is 31.5 Å². The maximum Gasteiger partial charge on any atom is 0.301 e. The minimum Gasteiger partial charge on any atom is -0.483 e. The number of methoxy groups -OCH3 is 1. The minimum atomic E-state index is -3.36. The van der Waals surface area contributed by atoms with Crippen molar-refractivity contribution in [2.24, 2.45) is 5.92 Å². The van der Waals surface area contributed by atoms with Gasteiger partial charge in [-0.05, 0) is 62.2 Å². The third kappa shape index (κ3) is 6.48. The van der Waals surface area contributed by atoms with Crippen molar-refractivity contribution in [1.82, 2.24) is 25.1 Å². The van der Waals surface area contributed by atoms with E-state index in [0.717, 1.165) is 36.7 Å². The number of rotatable bonds is 9. The summed E-state index contributed by atoms with van der Waals surface area (Å²) in [5, 5.41) is 25.7. The number of ether oxygens (including phenoxy) is 3. The van der Waals surface area contributed by atoms with Crippen molar-refractivity contribution in [3.05, 3.63) is 59.6 Å². The topological polar surface area (TPSA) is 145 Å². The van der Waals surface area contributed by atoms with Gasteiger partial charge < -0.3 is 39.8 Å². The number of piperidine rings is 2. The first-order chi connectivity index (χ1) is 22.3. The number of nitrogens with one attached hydrogen (secondary N) is 2. The highest BCUT2D eigenvalue weighted by molar-refractivity contribution is 5.77. The maximum atomic E-state index is 14.8. The number of hydrogen-bond donors (Lipinski definition) is 3. The van der Waals surface area contributed by atoms with Crippen LogP contribution in [0.25, 0.3) is 11.3 Å². The third-order valence-electron chi connectivity index (χ3n) is 8.84. The first-order valence-electron chi connectivity index (χ1n) is 15.4.